The van der Waals surface area contributed by atoms with Gasteiger partial charge in [-0.2, -0.15) is 26.3 Å². The number of aliphatic hydroxyl groups is 1. The van der Waals surface area contributed by atoms with Crippen LogP contribution in [0.4, 0.5) is 31.1 Å². The van der Waals surface area contributed by atoms with Gasteiger partial charge in [-0.25, -0.2) is 9.78 Å². The Morgan fingerprint density at radius 2 is 1.65 bits per heavy atom. The van der Waals surface area contributed by atoms with Crippen LogP contribution in [0.15, 0.2) is 6.20 Å². The Kier molecular flexibility index (Phi) is 8.20. The van der Waals surface area contributed by atoms with Crippen molar-refractivity contribution in [3.05, 3.63) is 17.7 Å². The minimum atomic E-state index is -5.69. The maximum Gasteiger partial charge on any atom is 0.434 e. The second-order valence-corrected chi connectivity index (χ2v) is 10.0. The Balaban J connectivity index is 0.000000218. The highest BCUT2D eigenvalue weighted by atomic mass is 19.4. The summed E-state index contributed by atoms with van der Waals surface area (Å²) in [6.45, 7) is 4.26. The summed E-state index contributed by atoms with van der Waals surface area (Å²) in [5, 5.41) is 9.96. The zero-order chi connectivity index (χ0) is 27.8. The SMILES string of the molecule is CN(C)C1(C)CCN(C(=O)OC(C(F)(F)F)C(F)(F)F)CC1.O=Cc1cn2c(n1)CN(C1(O)CC1)CC2. The lowest BCUT2D eigenvalue weighted by Crippen LogP contribution is -2.54. The van der Waals surface area contributed by atoms with Gasteiger partial charge in [0.2, 0.25) is 0 Å². The zero-order valence-electron chi connectivity index (χ0n) is 20.8. The van der Waals surface area contributed by atoms with Gasteiger partial charge in [0.15, 0.2) is 6.29 Å². The average Bonchev–Trinajstić information content (AvgIpc) is 3.41. The monoisotopic (exact) mass is 543 g/mol. The van der Waals surface area contributed by atoms with Gasteiger partial charge in [0.25, 0.3) is 6.10 Å². The van der Waals surface area contributed by atoms with Crippen LogP contribution in [0.2, 0.25) is 0 Å². The van der Waals surface area contributed by atoms with Crippen LogP contribution in [0.5, 0.6) is 0 Å². The molecule has 2 fully saturated rings. The number of carbonyl (C=O) groups excluding carboxylic acids is 2. The van der Waals surface area contributed by atoms with Gasteiger partial charge in [0, 0.05) is 37.9 Å². The highest BCUT2D eigenvalue weighted by Gasteiger charge is 2.60. The molecule has 0 aromatic carbocycles. The quantitative estimate of drug-likeness (QED) is 0.461. The molecule has 1 N–H and O–H groups in total. The summed E-state index contributed by atoms with van der Waals surface area (Å²) >= 11 is 0. The number of halogens is 6. The van der Waals surface area contributed by atoms with Crippen LogP contribution in [-0.4, -0.2) is 105 Å². The average molecular weight is 544 g/mol. The summed E-state index contributed by atoms with van der Waals surface area (Å²) < 4.78 is 79.8. The Hall–Kier alpha value is -2.39. The molecule has 1 aromatic heterocycles. The number of fused-ring (bicyclic) bond motifs is 1. The second-order valence-electron chi connectivity index (χ2n) is 10.0. The van der Waals surface area contributed by atoms with Crippen molar-refractivity contribution < 1.29 is 45.8 Å². The highest BCUT2D eigenvalue weighted by molar-refractivity contribution is 5.71. The molecular formula is C22H31F6N5O4. The molecule has 15 heteroatoms. The standard InChI is InChI=1S/C12H18F6N2O2.C10H13N3O2/c1-10(19(2)3)4-6-20(7-5-10)9(21)22-8(11(13,14)15)12(16,17)18;14-7-8-5-12-3-4-13(6-9(12)11-8)10(15)1-2-10/h8H,4-7H2,1-3H3;5,7,15H,1-4,6H2. The summed E-state index contributed by atoms with van der Waals surface area (Å²) in [7, 11) is 3.63. The Morgan fingerprint density at radius 1 is 1.08 bits per heavy atom. The number of ether oxygens (including phenoxy) is 1. The van der Waals surface area contributed by atoms with Crippen LogP contribution in [0.1, 0.15) is 48.9 Å². The molecule has 3 aliphatic rings. The molecule has 1 aromatic rings. The number of imidazole rings is 1. The van der Waals surface area contributed by atoms with Crippen LogP contribution >= 0.6 is 0 Å². The number of nitrogens with zero attached hydrogens (tertiary/aromatic N) is 5. The van der Waals surface area contributed by atoms with E-state index in [0.29, 0.717) is 25.1 Å². The Morgan fingerprint density at radius 3 is 2.11 bits per heavy atom. The number of carbonyl (C=O) groups is 2. The molecule has 0 atom stereocenters. The molecule has 0 bridgehead atoms. The van der Waals surface area contributed by atoms with E-state index in [2.05, 4.69) is 9.72 Å². The minimum absolute atomic E-state index is 0.0376. The maximum atomic E-state index is 12.4. The summed E-state index contributed by atoms with van der Waals surface area (Å²) in [5.41, 5.74) is -0.363. The van der Waals surface area contributed by atoms with Gasteiger partial charge in [-0.05, 0) is 46.7 Å². The number of hydrogen-bond acceptors (Lipinski definition) is 7. The maximum absolute atomic E-state index is 12.4. The molecule has 4 rings (SSSR count). The lowest BCUT2D eigenvalue weighted by molar-refractivity contribution is -0.308. The van der Waals surface area contributed by atoms with E-state index < -0.39 is 30.3 Å². The van der Waals surface area contributed by atoms with Crippen molar-refractivity contribution in [1.29, 1.82) is 0 Å². The minimum Gasteiger partial charge on any atom is -0.426 e. The third-order valence-electron chi connectivity index (χ3n) is 7.22. The number of piperidine rings is 1. The molecule has 1 amide bonds. The smallest absolute Gasteiger partial charge is 0.426 e. The molecule has 2 aliphatic heterocycles. The number of amides is 1. The molecular weight excluding hydrogens is 512 g/mol. The van der Waals surface area contributed by atoms with E-state index in [9.17, 15) is 41.0 Å². The largest absolute Gasteiger partial charge is 0.434 e. The van der Waals surface area contributed by atoms with Crippen molar-refractivity contribution >= 4 is 12.4 Å². The Labute approximate surface area is 209 Å². The van der Waals surface area contributed by atoms with Crippen molar-refractivity contribution in [1.82, 2.24) is 24.3 Å². The first-order valence-corrected chi connectivity index (χ1v) is 11.7. The number of aldehydes is 1. The van der Waals surface area contributed by atoms with E-state index in [4.69, 9.17) is 0 Å². The predicted octanol–water partition coefficient (Wildman–Crippen LogP) is 3.03. The molecule has 0 unspecified atom stereocenters. The number of rotatable bonds is 4. The lowest BCUT2D eigenvalue weighted by atomic mass is 9.89. The third kappa shape index (κ3) is 6.93. The van der Waals surface area contributed by atoms with Crippen LogP contribution in [0.25, 0.3) is 0 Å². The number of aromatic nitrogens is 2. The van der Waals surface area contributed by atoms with Gasteiger partial charge < -0.3 is 24.2 Å². The molecule has 0 radical (unpaired) electrons. The topological polar surface area (TPSA) is 91.1 Å². The number of hydrogen-bond donors (Lipinski definition) is 1. The summed E-state index contributed by atoms with van der Waals surface area (Å²) in [4.78, 5) is 31.2. The van der Waals surface area contributed by atoms with Crippen molar-refractivity contribution in [3.8, 4) is 0 Å². The first-order valence-electron chi connectivity index (χ1n) is 11.7. The van der Waals surface area contributed by atoms with E-state index in [1.165, 1.54) is 0 Å². The highest BCUT2D eigenvalue weighted by Crippen LogP contribution is 2.40. The van der Waals surface area contributed by atoms with Crippen LogP contribution < -0.4 is 0 Å². The van der Waals surface area contributed by atoms with E-state index >= 15 is 0 Å². The predicted molar refractivity (Wildman–Crippen MR) is 117 cm³/mol. The molecule has 1 saturated heterocycles. The molecule has 37 heavy (non-hydrogen) atoms. The first-order chi connectivity index (χ1) is 17.0. The zero-order valence-corrected chi connectivity index (χ0v) is 20.8. The van der Waals surface area contributed by atoms with E-state index in [1.54, 1.807) is 6.20 Å². The number of likely N-dealkylation sites (tertiary alicyclic amines) is 1. The van der Waals surface area contributed by atoms with Gasteiger partial charge in [-0.3, -0.25) is 9.69 Å². The van der Waals surface area contributed by atoms with Gasteiger partial charge in [-0.1, -0.05) is 0 Å². The lowest BCUT2D eigenvalue weighted by Gasteiger charge is -2.43. The normalized spacial score (nSPS) is 21.2. The van der Waals surface area contributed by atoms with Gasteiger partial charge >= 0.3 is 18.4 Å². The van der Waals surface area contributed by atoms with Gasteiger partial charge in [0.05, 0.1) is 6.54 Å². The molecule has 1 aliphatic carbocycles. The van der Waals surface area contributed by atoms with Gasteiger partial charge in [-0.15, -0.1) is 0 Å². The summed E-state index contributed by atoms with van der Waals surface area (Å²) in [5.74, 6) is 0.878. The van der Waals surface area contributed by atoms with Crippen molar-refractivity contribution in [3.63, 3.8) is 0 Å². The third-order valence-corrected chi connectivity index (χ3v) is 7.22. The Bertz CT molecular complexity index is 954. The van der Waals surface area contributed by atoms with Crippen LogP contribution in [0.3, 0.4) is 0 Å². The molecule has 9 nitrogen and oxygen atoms in total. The fourth-order valence-electron chi connectivity index (χ4n) is 4.23. The van der Waals surface area contributed by atoms with Crippen molar-refractivity contribution in [2.75, 3.05) is 33.7 Å². The molecule has 210 valence electrons. The van der Waals surface area contributed by atoms with Crippen LogP contribution in [-0.2, 0) is 17.8 Å². The molecule has 1 saturated carbocycles. The van der Waals surface area contributed by atoms with Crippen molar-refractivity contribution in [2.24, 2.45) is 0 Å². The number of alkyl halides is 6. The van der Waals surface area contributed by atoms with E-state index in [0.717, 1.165) is 42.9 Å². The second kappa shape index (κ2) is 10.4. The fourth-order valence-corrected chi connectivity index (χ4v) is 4.23. The molecule has 0 spiro atoms. The fraction of sp³-hybridized carbons (Fsp3) is 0.773. The molecule has 3 heterocycles. The van der Waals surface area contributed by atoms with Gasteiger partial charge in [0.1, 0.15) is 17.2 Å². The van der Waals surface area contributed by atoms with Crippen LogP contribution in [0, 0.1) is 0 Å². The van der Waals surface area contributed by atoms with Crippen molar-refractivity contribution in [2.45, 2.75) is 75.4 Å². The van der Waals surface area contributed by atoms with E-state index in [1.807, 2.05) is 35.4 Å². The summed E-state index contributed by atoms with van der Waals surface area (Å²) in [6, 6.07) is 0. The first kappa shape index (κ1) is 29.2. The van der Waals surface area contributed by atoms with E-state index in [-0.39, 0.29) is 18.6 Å². The summed E-state index contributed by atoms with van der Waals surface area (Å²) in [6.07, 6.45) is -12.0.